The number of pyridine rings is 1. The van der Waals surface area contributed by atoms with E-state index in [-0.39, 0.29) is 6.32 Å². The van der Waals surface area contributed by atoms with Gasteiger partial charge in [0, 0.05) is 6.20 Å². The van der Waals surface area contributed by atoms with E-state index in [1.54, 1.807) is 13.1 Å². The van der Waals surface area contributed by atoms with Crippen LogP contribution in [0.2, 0.25) is 6.32 Å². The van der Waals surface area contributed by atoms with Gasteiger partial charge in [-0.1, -0.05) is 6.32 Å². The third kappa shape index (κ3) is 1.52. The van der Waals surface area contributed by atoms with Crippen LogP contribution in [-0.4, -0.2) is 21.8 Å². The highest BCUT2D eigenvalue weighted by atomic mass is 16.6. The van der Waals surface area contributed by atoms with Gasteiger partial charge in [-0.15, -0.1) is 0 Å². The number of aryl methyl sites for hydroxylation is 2. The maximum absolute atomic E-state index is 9.31. The van der Waals surface area contributed by atoms with E-state index in [2.05, 4.69) is 4.98 Å². The normalized spacial score (nSPS) is 19.0. The Balaban J connectivity index is 2.44. The topological polar surface area (TPSA) is 62.6 Å². The van der Waals surface area contributed by atoms with Crippen molar-refractivity contribution in [2.75, 3.05) is 0 Å². The van der Waals surface area contributed by atoms with Gasteiger partial charge >= 0.3 is 6.75 Å². The summed E-state index contributed by atoms with van der Waals surface area (Å²) < 4.78 is 5.06. The van der Waals surface area contributed by atoms with Gasteiger partial charge in [0.25, 0.3) is 0 Å². The van der Waals surface area contributed by atoms with E-state index in [4.69, 9.17) is 4.65 Å². The van der Waals surface area contributed by atoms with Crippen LogP contribution in [0.1, 0.15) is 11.3 Å². The highest BCUT2D eigenvalue weighted by molar-refractivity contribution is 6.58. The lowest BCUT2D eigenvalue weighted by Crippen LogP contribution is -2.45. The van der Waals surface area contributed by atoms with Gasteiger partial charge in [0.15, 0.2) is 0 Å². The average molecular weight is 180 g/mol. The van der Waals surface area contributed by atoms with Crippen LogP contribution in [0.25, 0.3) is 0 Å². The molecule has 0 bridgehead atoms. The van der Waals surface area contributed by atoms with E-state index in [0.29, 0.717) is 17.9 Å². The zero-order chi connectivity index (χ0) is 9.47. The molecule has 0 aromatic carbocycles. The number of rotatable bonds is 0. The van der Waals surface area contributed by atoms with Crippen molar-refractivity contribution in [3.8, 4) is 5.75 Å². The molecule has 1 aromatic heterocycles. The van der Waals surface area contributed by atoms with Crippen molar-refractivity contribution in [3.05, 3.63) is 23.5 Å². The van der Waals surface area contributed by atoms with Crippen molar-refractivity contribution < 1.29 is 14.7 Å². The summed E-state index contributed by atoms with van der Waals surface area (Å²) in [5.41, 5.74) is 1.69. The average Bonchev–Trinajstić information content (AvgIpc) is 2.06. The molecular weight excluding hydrogens is 169 g/mol. The van der Waals surface area contributed by atoms with Gasteiger partial charge in [-0.2, -0.15) is 0 Å². The van der Waals surface area contributed by atoms with Crippen LogP contribution >= 0.6 is 0 Å². The first-order valence-corrected chi connectivity index (χ1v) is 4.32. The Morgan fingerprint density at radius 2 is 2.31 bits per heavy atom. The predicted octanol–water partition coefficient (Wildman–Crippen LogP) is 0.248. The fourth-order valence-corrected chi connectivity index (χ4v) is 1.55. The minimum Gasteiger partial charge on any atom is -0.669 e. The highest BCUT2D eigenvalue weighted by Crippen LogP contribution is 2.30. The first-order chi connectivity index (χ1) is 6.08. The van der Waals surface area contributed by atoms with Crippen molar-refractivity contribution in [2.24, 2.45) is 0 Å². The molecule has 0 aliphatic carbocycles. The van der Waals surface area contributed by atoms with Gasteiger partial charge in [-0.05, 0) is 25.0 Å². The molecule has 0 spiro atoms. The summed E-state index contributed by atoms with van der Waals surface area (Å²) in [6, 6.07) is 1.84. The van der Waals surface area contributed by atoms with Gasteiger partial charge in [-0.3, -0.25) is 4.98 Å². The number of aromatic nitrogens is 1. The summed E-state index contributed by atoms with van der Waals surface area (Å²) in [6.07, 6.45) is 2.59. The second-order valence-corrected chi connectivity index (χ2v) is 3.40. The molecule has 0 unspecified atom stereocenters. The molecular formula is C8H11BNO3-. The Bertz CT molecular complexity index is 340. The first-order valence-electron chi connectivity index (χ1n) is 4.32. The lowest BCUT2D eigenvalue weighted by Gasteiger charge is -2.36. The van der Waals surface area contributed by atoms with E-state index in [9.17, 15) is 10.0 Å². The van der Waals surface area contributed by atoms with Crippen LogP contribution < -0.4 is 4.65 Å². The molecule has 1 aliphatic heterocycles. The number of nitrogens with zero attached hydrogens (tertiary/aromatic N) is 1. The molecule has 0 amide bonds. The van der Waals surface area contributed by atoms with Crippen LogP contribution in [0, 0.1) is 6.92 Å². The molecule has 1 aromatic rings. The third-order valence-corrected chi connectivity index (χ3v) is 2.26. The quantitative estimate of drug-likeness (QED) is 0.561. The smallest absolute Gasteiger partial charge is 0.430 e. The number of hydrogen-bond donors (Lipinski definition) is 2. The van der Waals surface area contributed by atoms with Crippen LogP contribution in [0.5, 0.6) is 5.75 Å². The van der Waals surface area contributed by atoms with Crippen molar-refractivity contribution in [1.82, 2.24) is 4.98 Å². The fourth-order valence-electron chi connectivity index (χ4n) is 1.55. The van der Waals surface area contributed by atoms with Crippen LogP contribution in [0.4, 0.5) is 0 Å². The second kappa shape index (κ2) is 2.72. The lowest BCUT2D eigenvalue weighted by atomic mass is 9.70. The van der Waals surface area contributed by atoms with Crippen LogP contribution in [-0.2, 0) is 6.42 Å². The molecule has 0 saturated carbocycles. The molecule has 0 saturated heterocycles. The van der Waals surface area contributed by atoms with Gasteiger partial charge in [0.2, 0.25) is 0 Å². The Morgan fingerprint density at radius 3 is 3.08 bits per heavy atom. The molecule has 13 heavy (non-hydrogen) atoms. The Morgan fingerprint density at radius 1 is 1.54 bits per heavy atom. The largest absolute Gasteiger partial charge is 0.669 e. The summed E-state index contributed by atoms with van der Waals surface area (Å²) >= 11 is 0. The summed E-state index contributed by atoms with van der Waals surface area (Å²) in [4.78, 5) is 4.02. The Kier molecular flexibility index (Phi) is 1.78. The molecule has 5 heteroatoms. The van der Waals surface area contributed by atoms with Gasteiger partial charge in [0.1, 0.15) is 0 Å². The second-order valence-electron chi connectivity index (χ2n) is 3.40. The highest BCUT2D eigenvalue weighted by Gasteiger charge is 2.29. The zero-order valence-corrected chi connectivity index (χ0v) is 7.40. The van der Waals surface area contributed by atoms with E-state index in [0.717, 1.165) is 5.56 Å². The van der Waals surface area contributed by atoms with Crippen molar-refractivity contribution in [1.29, 1.82) is 0 Å². The van der Waals surface area contributed by atoms with Crippen molar-refractivity contribution >= 4 is 6.75 Å². The zero-order valence-electron chi connectivity index (χ0n) is 7.40. The molecule has 2 rings (SSSR count). The molecule has 1 aliphatic rings. The Labute approximate surface area is 76.2 Å². The van der Waals surface area contributed by atoms with E-state index in [1.165, 1.54) is 0 Å². The molecule has 2 N–H and O–H groups in total. The van der Waals surface area contributed by atoms with E-state index >= 15 is 0 Å². The van der Waals surface area contributed by atoms with Crippen LogP contribution in [0.3, 0.4) is 0 Å². The maximum Gasteiger partial charge on any atom is 0.430 e. The standard InChI is InChI=1S/C8H11BNO3/c1-6-8-7(3-5-10-6)2-4-9(11,12)13-8/h3,5,11-12H,2,4H2,1H3/q-1. The monoisotopic (exact) mass is 180 g/mol. The van der Waals surface area contributed by atoms with Crippen molar-refractivity contribution in [2.45, 2.75) is 19.7 Å². The lowest BCUT2D eigenvalue weighted by molar-refractivity contribution is 0.229. The summed E-state index contributed by atoms with van der Waals surface area (Å²) in [5.74, 6) is 0.527. The first kappa shape index (κ1) is 8.53. The fraction of sp³-hybridized carbons (Fsp3) is 0.375. The number of fused-ring (bicyclic) bond motifs is 1. The minimum absolute atomic E-state index is 0.260. The summed E-state index contributed by atoms with van der Waals surface area (Å²) in [6.45, 7) is -0.863. The molecule has 0 radical (unpaired) electrons. The molecule has 2 heterocycles. The summed E-state index contributed by atoms with van der Waals surface area (Å²) in [5, 5.41) is 18.6. The maximum atomic E-state index is 9.31. The SMILES string of the molecule is Cc1nccc2c1O[B-](O)(O)CC2. The molecule has 0 atom stereocenters. The van der Waals surface area contributed by atoms with Crippen molar-refractivity contribution in [3.63, 3.8) is 0 Å². The van der Waals surface area contributed by atoms with Gasteiger partial charge < -0.3 is 14.7 Å². The Hall–Kier alpha value is -1.07. The predicted molar refractivity (Wildman–Crippen MR) is 48.3 cm³/mol. The molecule has 0 fully saturated rings. The molecule has 70 valence electrons. The number of hydrogen-bond acceptors (Lipinski definition) is 4. The van der Waals surface area contributed by atoms with Gasteiger partial charge in [0.05, 0.1) is 11.4 Å². The molecule has 4 nitrogen and oxygen atoms in total. The summed E-state index contributed by atoms with van der Waals surface area (Å²) in [7, 11) is 0. The minimum atomic E-state index is -2.65. The third-order valence-electron chi connectivity index (χ3n) is 2.26. The van der Waals surface area contributed by atoms with E-state index < -0.39 is 6.75 Å². The van der Waals surface area contributed by atoms with Crippen LogP contribution in [0.15, 0.2) is 12.3 Å². The van der Waals surface area contributed by atoms with Gasteiger partial charge in [-0.25, -0.2) is 0 Å². The van der Waals surface area contributed by atoms with E-state index in [1.807, 2.05) is 6.07 Å².